The molecule has 0 fully saturated rings. The number of nitrogens with zero attached hydrogens (tertiary/aromatic N) is 2. The van der Waals surface area contributed by atoms with E-state index < -0.39 is 11.6 Å². The van der Waals surface area contributed by atoms with Gasteiger partial charge in [-0.15, -0.1) is 0 Å². The molecule has 0 aliphatic rings. The lowest BCUT2D eigenvalue weighted by atomic mass is 10.0. The molecule has 4 heteroatoms. The fourth-order valence-electron chi connectivity index (χ4n) is 1.43. The molecule has 0 saturated carbocycles. The molecule has 1 aromatic heterocycles. The Morgan fingerprint density at radius 1 is 1.06 bits per heavy atom. The smallest absolute Gasteiger partial charge is 0.135 e. The van der Waals surface area contributed by atoms with Gasteiger partial charge in [0.1, 0.15) is 11.6 Å². The fraction of sp³-hybridized carbons (Fsp3) is 0. The van der Waals surface area contributed by atoms with Crippen LogP contribution in [0, 0.1) is 23.0 Å². The Kier molecular flexibility index (Phi) is 2.61. The lowest BCUT2D eigenvalue weighted by molar-refractivity contribution is 0.589. The second-order valence-corrected chi connectivity index (χ2v) is 3.16. The number of rotatable bonds is 1. The lowest BCUT2D eigenvalue weighted by Crippen LogP contribution is -1.92. The summed E-state index contributed by atoms with van der Waals surface area (Å²) in [7, 11) is 0. The zero-order valence-corrected chi connectivity index (χ0v) is 8.11. The third kappa shape index (κ3) is 1.75. The summed E-state index contributed by atoms with van der Waals surface area (Å²) in [6, 6.07) is 6.74. The minimum atomic E-state index is -0.747. The highest BCUT2D eigenvalue weighted by Crippen LogP contribution is 2.26. The first-order valence-electron chi connectivity index (χ1n) is 4.52. The molecule has 2 aromatic rings. The van der Waals surface area contributed by atoms with Crippen molar-refractivity contribution in [1.29, 1.82) is 5.26 Å². The molecule has 0 aliphatic heterocycles. The second kappa shape index (κ2) is 4.07. The lowest BCUT2D eigenvalue weighted by Gasteiger charge is -2.04. The van der Waals surface area contributed by atoms with Crippen LogP contribution in [-0.2, 0) is 0 Å². The predicted molar refractivity (Wildman–Crippen MR) is 54.3 cm³/mol. The van der Waals surface area contributed by atoms with Crippen LogP contribution in [0.25, 0.3) is 11.1 Å². The van der Waals surface area contributed by atoms with Crippen molar-refractivity contribution in [3.05, 3.63) is 53.9 Å². The summed E-state index contributed by atoms with van der Waals surface area (Å²) in [5, 5.41) is 8.55. The number of nitriles is 1. The molecule has 0 radical (unpaired) electrons. The maximum absolute atomic E-state index is 13.6. The molecule has 0 bridgehead atoms. The molecule has 0 aliphatic carbocycles. The molecule has 78 valence electrons. The highest BCUT2D eigenvalue weighted by Gasteiger charge is 2.12. The standard InChI is InChI=1S/C12H6F2N2/c13-10-5-8(7-15)6-11(14)12(10)9-1-3-16-4-2-9/h1-6H. The molecule has 2 nitrogen and oxygen atoms in total. The number of pyridine rings is 1. The predicted octanol–water partition coefficient (Wildman–Crippen LogP) is 2.90. The molecule has 1 heterocycles. The Morgan fingerprint density at radius 2 is 1.62 bits per heavy atom. The number of hydrogen-bond acceptors (Lipinski definition) is 2. The summed E-state index contributed by atoms with van der Waals surface area (Å²) in [6.07, 6.45) is 2.90. The van der Waals surface area contributed by atoms with Crippen molar-refractivity contribution in [2.75, 3.05) is 0 Å². The Hall–Kier alpha value is -2.28. The zero-order chi connectivity index (χ0) is 11.5. The van der Waals surface area contributed by atoms with E-state index in [1.165, 1.54) is 24.5 Å². The van der Waals surface area contributed by atoms with Crippen molar-refractivity contribution in [3.8, 4) is 17.2 Å². The minimum absolute atomic E-state index is 0.0344. The van der Waals surface area contributed by atoms with E-state index in [1.807, 2.05) is 0 Å². The molecule has 0 unspecified atom stereocenters. The molecular formula is C12H6F2N2. The van der Waals surface area contributed by atoms with Crippen LogP contribution in [-0.4, -0.2) is 4.98 Å². The Bertz CT molecular complexity index is 536. The molecule has 0 spiro atoms. The molecule has 0 amide bonds. The minimum Gasteiger partial charge on any atom is -0.265 e. The van der Waals surface area contributed by atoms with Gasteiger partial charge in [-0.25, -0.2) is 8.78 Å². The second-order valence-electron chi connectivity index (χ2n) is 3.16. The van der Waals surface area contributed by atoms with Crippen LogP contribution in [0.1, 0.15) is 5.56 Å². The van der Waals surface area contributed by atoms with Gasteiger partial charge in [0.15, 0.2) is 0 Å². The van der Waals surface area contributed by atoms with Gasteiger partial charge in [0.25, 0.3) is 0 Å². The van der Waals surface area contributed by atoms with Gasteiger partial charge < -0.3 is 0 Å². The Balaban J connectivity index is 2.64. The summed E-state index contributed by atoms with van der Waals surface area (Å²) in [5.41, 5.74) is 0.226. The normalized spacial score (nSPS) is 9.81. The van der Waals surface area contributed by atoms with E-state index in [4.69, 9.17) is 5.26 Å². The van der Waals surface area contributed by atoms with Crippen LogP contribution in [0.15, 0.2) is 36.7 Å². The van der Waals surface area contributed by atoms with E-state index in [-0.39, 0.29) is 11.1 Å². The Morgan fingerprint density at radius 3 is 2.12 bits per heavy atom. The summed E-state index contributed by atoms with van der Waals surface area (Å²) in [4.78, 5) is 3.77. The molecule has 0 atom stereocenters. The van der Waals surface area contributed by atoms with E-state index in [2.05, 4.69) is 4.98 Å². The molecule has 0 saturated heterocycles. The first-order valence-corrected chi connectivity index (χ1v) is 4.52. The Labute approximate surface area is 90.8 Å². The fourth-order valence-corrected chi connectivity index (χ4v) is 1.43. The van der Waals surface area contributed by atoms with Crippen LogP contribution in [0.2, 0.25) is 0 Å². The topological polar surface area (TPSA) is 36.7 Å². The highest BCUT2D eigenvalue weighted by atomic mass is 19.1. The zero-order valence-electron chi connectivity index (χ0n) is 8.11. The van der Waals surface area contributed by atoms with Gasteiger partial charge in [-0.05, 0) is 29.8 Å². The third-order valence-corrected chi connectivity index (χ3v) is 2.14. The van der Waals surface area contributed by atoms with Crippen molar-refractivity contribution in [3.63, 3.8) is 0 Å². The number of benzene rings is 1. The SMILES string of the molecule is N#Cc1cc(F)c(-c2ccncc2)c(F)c1. The summed E-state index contributed by atoms with van der Waals surface area (Å²) in [6.45, 7) is 0. The van der Waals surface area contributed by atoms with Gasteiger partial charge in [0.05, 0.1) is 17.2 Å². The first-order chi connectivity index (χ1) is 7.72. The van der Waals surface area contributed by atoms with Crippen LogP contribution in [0.5, 0.6) is 0 Å². The monoisotopic (exact) mass is 216 g/mol. The maximum atomic E-state index is 13.6. The average molecular weight is 216 g/mol. The van der Waals surface area contributed by atoms with E-state index in [0.29, 0.717) is 5.56 Å². The number of hydrogen-bond donors (Lipinski definition) is 0. The number of halogens is 2. The summed E-state index contributed by atoms with van der Waals surface area (Å²) in [5.74, 6) is -1.49. The van der Waals surface area contributed by atoms with Crippen LogP contribution in [0.3, 0.4) is 0 Å². The highest BCUT2D eigenvalue weighted by molar-refractivity contribution is 5.65. The quantitative estimate of drug-likeness (QED) is 0.734. The first kappa shape index (κ1) is 10.2. The van der Waals surface area contributed by atoms with Crippen molar-refractivity contribution in [2.24, 2.45) is 0 Å². The number of aromatic nitrogens is 1. The van der Waals surface area contributed by atoms with Gasteiger partial charge in [-0.1, -0.05) is 0 Å². The van der Waals surface area contributed by atoms with Crippen LogP contribution >= 0.6 is 0 Å². The summed E-state index contributed by atoms with van der Waals surface area (Å²) >= 11 is 0. The van der Waals surface area contributed by atoms with Gasteiger partial charge in [0.2, 0.25) is 0 Å². The van der Waals surface area contributed by atoms with Gasteiger partial charge in [-0.2, -0.15) is 5.26 Å². The van der Waals surface area contributed by atoms with Gasteiger partial charge in [0, 0.05) is 12.4 Å². The molecular weight excluding hydrogens is 210 g/mol. The van der Waals surface area contributed by atoms with E-state index >= 15 is 0 Å². The van der Waals surface area contributed by atoms with Crippen LogP contribution < -0.4 is 0 Å². The maximum Gasteiger partial charge on any atom is 0.135 e. The van der Waals surface area contributed by atoms with Crippen molar-refractivity contribution >= 4 is 0 Å². The van der Waals surface area contributed by atoms with Crippen molar-refractivity contribution in [2.45, 2.75) is 0 Å². The molecule has 16 heavy (non-hydrogen) atoms. The average Bonchev–Trinajstić information content (AvgIpc) is 2.29. The summed E-state index contributed by atoms with van der Waals surface area (Å²) < 4.78 is 27.1. The van der Waals surface area contributed by atoms with E-state index in [0.717, 1.165) is 12.1 Å². The largest absolute Gasteiger partial charge is 0.265 e. The van der Waals surface area contributed by atoms with Gasteiger partial charge >= 0.3 is 0 Å². The van der Waals surface area contributed by atoms with Gasteiger partial charge in [-0.3, -0.25) is 4.98 Å². The molecule has 1 aromatic carbocycles. The molecule has 0 N–H and O–H groups in total. The van der Waals surface area contributed by atoms with Crippen LogP contribution in [0.4, 0.5) is 8.78 Å². The van der Waals surface area contributed by atoms with Crippen molar-refractivity contribution < 1.29 is 8.78 Å². The van der Waals surface area contributed by atoms with E-state index in [1.54, 1.807) is 6.07 Å². The third-order valence-electron chi connectivity index (χ3n) is 2.14. The van der Waals surface area contributed by atoms with E-state index in [9.17, 15) is 8.78 Å². The van der Waals surface area contributed by atoms with Crippen molar-refractivity contribution in [1.82, 2.24) is 4.98 Å². The molecule has 2 rings (SSSR count).